The highest BCUT2D eigenvalue weighted by molar-refractivity contribution is 6.31. The maximum Gasteiger partial charge on any atom is 0.150 e. The van der Waals surface area contributed by atoms with Gasteiger partial charge in [-0.15, -0.1) is 0 Å². The molecule has 6 nitrogen and oxygen atoms in total. The minimum Gasteiger partial charge on any atom is -0.507 e. The monoisotopic (exact) mass is 486 g/mol. The number of rotatable bonds is 8. The number of ketones is 1. The summed E-state index contributed by atoms with van der Waals surface area (Å²) in [7, 11) is 0. The summed E-state index contributed by atoms with van der Waals surface area (Å²) in [6, 6.07) is 16.4. The van der Waals surface area contributed by atoms with E-state index < -0.39 is 0 Å². The molecular weight excluding hydrogens is 460 g/mol. The Kier molecular flexibility index (Phi) is 6.46. The van der Waals surface area contributed by atoms with Crippen LogP contribution in [0.25, 0.3) is 22.4 Å². The number of nitrogens with zero attached hydrogens (tertiary/aromatic N) is 2. The van der Waals surface area contributed by atoms with Crippen LogP contribution in [0.1, 0.15) is 42.7 Å². The van der Waals surface area contributed by atoms with E-state index in [0.29, 0.717) is 28.4 Å². The number of carbonyl (C=O) groups is 1. The largest absolute Gasteiger partial charge is 0.507 e. The Morgan fingerprint density at radius 2 is 1.94 bits per heavy atom. The van der Waals surface area contributed by atoms with Crippen molar-refractivity contribution in [2.75, 3.05) is 18.8 Å². The number of nitrogens with two attached hydrogens (primary N) is 1. The average molecular weight is 487 g/mol. The molecule has 2 aliphatic carbocycles. The molecule has 1 aromatic heterocycles. The number of anilines is 1. The van der Waals surface area contributed by atoms with E-state index in [2.05, 4.69) is 16.4 Å². The number of nitriles is 1. The van der Waals surface area contributed by atoms with E-state index in [1.165, 1.54) is 12.8 Å². The van der Waals surface area contributed by atoms with Crippen LogP contribution < -0.4 is 11.1 Å². The van der Waals surface area contributed by atoms with Gasteiger partial charge in [0, 0.05) is 22.1 Å². The van der Waals surface area contributed by atoms with E-state index in [1.54, 1.807) is 30.3 Å². The third-order valence-corrected chi connectivity index (χ3v) is 7.51. The van der Waals surface area contributed by atoms with Crippen LogP contribution in [0.5, 0.6) is 5.75 Å². The van der Waals surface area contributed by atoms with E-state index in [-0.39, 0.29) is 34.7 Å². The Morgan fingerprint density at radius 3 is 2.63 bits per heavy atom. The van der Waals surface area contributed by atoms with E-state index in [9.17, 15) is 15.2 Å². The number of aromatic hydroxyl groups is 1. The van der Waals surface area contributed by atoms with Crippen molar-refractivity contribution >= 4 is 23.2 Å². The molecule has 5 rings (SSSR count). The zero-order valence-electron chi connectivity index (χ0n) is 19.3. The Morgan fingerprint density at radius 1 is 1.14 bits per heavy atom. The van der Waals surface area contributed by atoms with Gasteiger partial charge in [-0.3, -0.25) is 4.79 Å². The second-order valence-electron chi connectivity index (χ2n) is 9.51. The van der Waals surface area contributed by atoms with Gasteiger partial charge in [-0.05, 0) is 85.5 Å². The number of Topliss-reactive ketones (excluding diaryl/α,β-unsaturated/α-hetero) is 1. The smallest absolute Gasteiger partial charge is 0.150 e. The van der Waals surface area contributed by atoms with E-state index in [1.807, 2.05) is 18.2 Å². The summed E-state index contributed by atoms with van der Waals surface area (Å²) in [6.45, 7) is 1.32. The lowest BCUT2D eigenvalue weighted by Crippen LogP contribution is -2.37. The number of para-hydroxylation sites is 1. The van der Waals surface area contributed by atoms with Crippen molar-refractivity contribution in [2.45, 2.75) is 31.6 Å². The van der Waals surface area contributed by atoms with Crippen LogP contribution in [0.2, 0.25) is 5.02 Å². The molecule has 1 heterocycles. The summed E-state index contributed by atoms with van der Waals surface area (Å²) in [5.41, 5.74) is 9.74. The van der Waals surface area contributed by atoms with Gasteiger partial charge in [0.2, 0.25) is 0 Å². The average Bonchev–Trinajstić information content (AvgIpc) is 3.64. The minimum absolute atomic E-state index is 0.0516. The molecule has 0 saturated heterocycles. The number of hydrogen-bond acceptors (Lipinski definition) is 6. The van der Waals surface area contributed by atoms with E-state index >= 15 is 0 Å². The second kappa shape index (κ2) is 9.69. The second-order valence-corrected chi connectivity index (χ2v) is 9.92. The van der Waals surface area contributed by atoms with Gasteiger partial charge in [-0.2, -0.15) is 5.26 Å². The SMILES string of the molecule is N#Cc1c(-c2ccc(Cl)c([C@H]3CCC3C(=O)CNCC3CC3)c2)cc(-c2ccccc2O)nc1N. The van der Waals surface area contributed by atoms with Gasteiger partial charge in [0.05, 0.1) is 12.2 Å². The predicted molar refractivity (Wildman–Crippen MR) is 137 cm³/mol. The van der Waals surface area contributed by atoms with Crippen molar-refractivity contribution in [1.82, 2.24) is 10.3 Å². The van der Waals surface area contributed by atoms with Crippen LogP contribution in [0.4, 0.5) is 5.82 Å². The lowest BCUT2D eigenvalue weighted by Gasteiger charge is -2.36. The summed E-state index contributed by atoms with van der Waals surface area (Å²) in [4.78, 5) is 17.2. The quantitative estimate of drug-likeness (QED) is 0.398. The topological polar surface area (TPSA) is 112 Å². The van der Waals surface area contributed by atoms with Gasteiger partial charge in [0.15, 0.2) is 0 Å². The Balaban J connectivity index is 1.47. The van der Waals surface area contributed by atoms with Crippen molar-refractivity contribution < 1.29 is 9.90 Å². The highest BCUT2D eigenvalue weighted by Crippen LogP contribution is 2.47. The number of hydrogen-bond donors (Lipinski definition) is 3. The maximum atomic E-state index is 12.9. The number of carbonyl (C=O) groups excluding carboxylic acids is 1. The first-order chi connectivity index (χ1) is 17.0. The van der Waals surface area contributed by atoms with Crippen LogP contribution in [-0.4, -0.2) is 29.0 Å². The fourth-order valence-electron chi connectivity index (χ4n) is 4.84. The van der Waals surface area contributed by atoms with Gasteiger partial charge in [0.25, 0.3) is 0 Å². The zero-order valence-corrected chi connectivity index (χ0v) is 20.1. The van der Waals surface area contributed by atoms with E-state index in [0.717, 1.165) is 36.4 Å². The lowest BCUT2D eigenvalue weighted by molar-refractivity contribution is -0.125. The molecule has 3 aromatic rings. The van der Waals surface area contributed by atoms with Crippen LogP contribution in [0.15, 0.2) is 48.5 Å². The number of pyridine rings is 1. The molecular formula is C28H27ClN4O2. The summed E-state index contributed by atoms with van der Waals surface area (Å²) in [6.07, 6.45) is 4.27. The number of nitrogen functional groups attached to an aromatic ring is 1. The summed E-state index contributed by atoms with van der Waals surface area (Å²) >= 11 is 6.61. The molecule has 2 aliphatic rings. The molecule has 0 aliphatic heterocycles. The number of nitrogens with one attached hydrogen (secondary N) is 1. The van der Waals surface area contributed by atoms with Gasteiger partial charge < -0.3 is 16.2 Å². The molecule has 0 bridgehead atoms. The van der Waals surface area contributed by atoms with Crippen LogP contribution >= 0.6 is 11.6 Å². The summed E-state index contributed by atoms with van der Waals surface area (Å²) in [5.74, 6) is 1.15. The van der Waals surface area contributed by atoms with Crippen LogP contribution in [0.3, 0.4) is 0 Å². The first-order valence-electron chi connectivity index (χ1n) is 12.0. The maximum absolute atomic E-state index is 12.9. The molecule has 0 spiro atoms. The number of benzene rings is 2. The molecule has 2 saturated carbocycles. The third-order valence-electron chi connectivity index (χ3n) is 7.16. The molecule has 35 heavy (non-hydrogen) atoms. The molecule has 1 unspecified atom stereocenters. The normalized spacial score (nSPS) is 19.1. The summed E-state index contributed by atoms with van der Waals surface area (Å²) < 4.78 is 0. The number of halogens is 1. The van der Waals surface area contributed by atoms with Crippen molar-refractivity contribution in [3.05, 3.63) is 64.7 Å². The Bertz CT molecular complexity index is 1330. The van der Waals surface area contributed by atoms with Crippen molar-refractivity contribution in [3.63, 3.8) is 0 Å². The standard InChI is InChI=1S/C28H27ClN4O2/c29-24-10-7-17(11-22(24)18-8-9-19(18)27(35)15-32-14-16-5-6-16)21-12-25(33-28(31)23(21)13-30)20-3-1-2-4-26(20)34/h1-4,7,10-12,16,18-19,32,34H,5-6,8-9,14-15H2,(H2,31,33)/t18-,19?/m0/s1. The lowest BCUT2D eigenvalue weighted by atomic mass is 9.67. The number of aromatic nitrogens is 1. The van der Waals surface area contributed by atoms with Gasteiger partial charge in [-0.25, -0.2) is 4.98 Å². The highest BCUT2D eigenvalue weighted by atomic mass is 35.5. The molecule has 4 N–H and O–H groups in total. The first-order valence-corrected chi connectivity index (χ1v) is 12.4. The molecule has 0 amide bonds. The Labute approximate surface area is 209 Å². The molecule has 2 fully saturated rings. The molecule has 0 radical (unpaired) electrons. The van der Waals surface area contributed by atoms with Gasteiger partial charge in [-0.1, -0.05) is 29.8 Å². The fraction of sp³-hybridized carbons (Fsp3) is 0.321. The van der Waals surface area contributed by atoms with Crippen LogP contribution in [0, 0.1) is 23.2 Å². The molecule has 7 heteroatoms. The van der Waals surface area contributed by atoms with Gasteiger partial charge in [0.1, 0.15) is 29.0 Å². The van der Waals surface area contributed by atoms with E-state index in [4.69, 9.17) is 17.3 Å². The van der Waals surface area contributed by atoms with Crippen molar-refractivity contribution in [1.29, 1.82) is 5.26 Å². The number of phenols is 1. The first kappa shape index (κ1) is 23.3. The van der Waals surface area contributed by atoms with Crippen LogP contribution in [-0.2, 0) is 4.79 Å². The third kappa shape index (κ3) is 4.75. The molecule has 2 atom stereocenters. The minimum atomic E-state index is -0.0516. The van der Waals surface area contributed by atoms with Gasteiger partial charge >= 0.3 is 0 Å². The molecule has 178 valence electrons. The molecule has 2 aromatic carbocycles. The number of phenolic OH excluding ortho intramolecular Hbond substituents is 1. The Hall–Kier alpha value is -3.40. The fourth-order valence-corrected chi connectivity index (χ4v) is 5.10. The summed E-state index contributed by atoms with van der Waals surface area (Å²) in [5, 5.41) is 24.0. The van der Waals surface area contributed by atoms with Crippen molar-refractivity contribution in [2.24, 2.45) is 11.8 Å². The van der Waals surface area contributed by atoms with Crippen molar-refractivity contribution in [3.8, 4) is 34.2 Å². The predicted octanol–water partition coefficient (Wildman–Crippen LogP) is 5.29. The highest BCUT2D eigenvalue weighted by Gasteiger charge is 2.38. The zero-order chi connectivity index (χ0) is 24.5.